The fourth-order valence-electron chi connectivity index (χ4n) is 3.18. The van der Waals surface area contributed by atoms with Gasteiger partial charge in [-0.1, -0.05) is 0 Å². The van der Waals surface area contributed by atoms with E-state index in [1.807, 2.05) is 6.92 Å². The van der Waals surface area contributed by atoms with Crippen molar-refractivity contribution in [2.24, 2.45) is 5.92 Å². The van der Waals surface area contributed by atoms with Gasteiger partial charge in [-0.3, -0.25) is 0 Å². The minimum Gasteiger partial charge on any atom is -0.494 e. The third-order valence-electron chi connectivity index (χ3n) is 4.71. The summed E-state index contributed by atoms with van der Waals surface area (Å²) < 4.78 is 11.7. The first kappa shape index (κ1) is 14.7. The average Bonchev–Trinajstić information content (AvgIpc) is 3.20. The number of fused-ring (bicyclic) bond motifs is 1. The van der Waals surface area contributed by atoms with Crippen molar-refractivity contribution in [2.45, 2.75) is 65.1 Å². The van der Waals surface area contributed by atoms with Crippen molar-refractivity contribution < 1.29 is 9.47 Å². The first-order valence-corrected chi connectivity index (χ1v) is 8.20. The van der Waals surface area contributed by atoms with E-state index in [1.54, 1.807) is 0 Å². The van der Waals surface area contributed by atoms with Crippen molar-refractivity contribution in [2.75, 3.05) is 6.61 Å². The SMILES string of the molecule is CCOc1cc2c(cc1CNC(C)(C)C1CC1)OC(C)C2. The standard InChI is InChI=1S/C18H27NO2/c1-5-20-16-9-13-8-12(2)21-17(13)10-14(16)11-19-18(3,4)15-6-7-15/h9-10,12,15,19H,5-8,11H2,1-4H3. The number of ether oxygens (including phenoxy) is 2. The molecule has 1 aliphatic heterocycles. The normalized spacial score (nSPS) is 21.0. The summed E-state index contributed by atoms with van der Waals surface area (Å²) in [4.78, 5) is 0. The molecule has 0 radical (unpaired) electrons. The Morgan fingerprint density at radius 2 is 2.10 bits per heavy atom. The van der Waals surface area contributed by atoms with Gasteiger partial charge in [0.2, 0.25) is 0 Å². The van der Waals surface area contributed by atoms with Crippen molar-refractivity contribution in [3.63, 3.8) is 0 Å². The smallest absolute Gasteiger partial charge is 0.124 e. The highest BCUT2D eigenvalue weighted by molar-refractivity contribution is 5.48. The van der Waals surface area contributed by atoms with E-state index >= 15 is 0 Å². The van der Waals surface area contributed by atoms with Gasteiger partial charge in [0.1, 0.15) is 17.6 Å². The Morgan fingerprint density at radius 3 is 2.76 bits per heavy atom. The van der Waals surface area contributed by atoms with Crippen LogP contribution in [0.4, 0.5) is 0 Å². The maximum atomic E-state index is 5.89. The van der Waals surface area contributed by atoms with E-state index in [-0.39, 0.29) is 11.6 Å². The van der Waals surface area contributed by atoms with Crippen LogP contribution >= 0.6 is 0 Å². The quantitative estimate of drug-likeness (QED) is 0.866. The summed E-state index contributed by atoms with van der Waals surface area (Å²) in [6.07, 6.45) is 3.96. The molecule has 3 heteroatoms. The number of nitrogens with one attached hydrogen (secondary N) is 1. The van der Waals surface area contributed by atoms with E-state index in [2.05, 4.69) is 38.2 Å². The fourth-order valence-corrected chi connectivity index (χ4v) is 3.18. The maximum Gasteiger partial charge on any atom is 0.124 e. The summed E-state index contributed by atoms with van der Waals surface area (Å²) in [7, 11) is 0. The molecule has 0 bridgehead atoms. The highest BCUT2D eigenvalue weighted by Gasteiger charge is 2.37. The predicted octanol–water partition coefficient (Wildman–Crippen LogP) is 3.69. The molecule has 3 rings (SSSR count). The third kappa shape index (κ3) is 3.18. The molecule has 1 atom stereocenters. The zero-order chi connectivity index (χ0) is 15.0. The zero-order valence-corrected chi connectivity index (χ0v) is 13.7. The molecule has 0 saturated heterocycles. The van der Waals surface area contributed by atoms with Crippen molar-refractivity contribution in [1.29, 1.82) is 0 Å². The molecule has 3 nitrogen and oxygen atoms in total. The molecule has 0 spiro atoms. The topological polar surface area (TPSA) is 30.5 Å². The van der Waals surface area contributed by atoms with Crippen LogP contribution in [0.25, 0.3) is 0 Å². The molecule has 1 aromatic rings. The maximum absolute atomic E-state index is 5.89. The second-order valence-corrected chi connectivity index (χ2v) is 6.98. The monoisotopic (exact) mass is 289 g/mol. The van der Waals surface area contributed by atoms with E-state index in [4.69, 9.17) is 9.47 Å². The van der Waals surface area contributed by atoms with E-state index < -0.39 is 0 Å². The Kier molecular flexibility index (Phi) is 3.87. The fraction of sp³-hybridized carbons (Fsp3) is 0.667. The summed E-state index contributed by atoms with van der Waals surface area (Å²) in [5.41, 5.74) is 2.69. The lowest BCUT2D eigenvalue weighted by Crippen LogP contribution is -2.40. The molecular weight excluding hydrogens is 262 g/mol. The third-order valence-corrected chi connectivity index (χ3v) is 4.71. The van der Waals surface area contributed by atoms with Crippen LogP contribution in [-0.2, 0) is 13.0 Å². The van der Waals surface area contributed by atoms with Gasteiger partial charge in [-0.25, -0.2) is 0 Å². The molecule has 116 valence electrons. The minimum absolute atomic E-state index is 0.205. The molecule has 2 aliphatic rings. The van der Waals surface area contributed by atoms with Crippen LogP contribution in [-0.4, -0.2) is 18.2 Å². The highest BCUT2D eigenvalue weighted by atomic mass is 16.5. The zero-order valence-electron chi connectivity index (χ0n) is 13.7. The summed E-state index contributed by atoms with van der Waals surface area (Å²) in [6.45, 7) is 10.3. The molecule has 0 aromatic heterocycles. The molecular formula is C18H27NO2. The van der Waals surface area contributed by atoms with Crippen LogP contribution in [0.1, 0.15) is 51.7 Å². The summed E-state index contributed by atoms with van der Waals surface area (Å²) in [5.74, 6) is 2.86. The summed E-state index contributed by atoms with van der Waals surface area (Å²) in [5, 5.41) is 3.70. The molecule has 1 unspecified atom stereocenters. The number of hydrogen-bond donors (Lipinski definition) is 1. The number of hydrogen-bond acceptors (Lipinski definition) is 3. The van der Waals surface area contributed by atoms with Crippen LogP contribution < -0.4 is 14.8 Å². The van der Waals surface area contributed by atoms with Crippen molar-refractivity contribution in [3.8, 4) is 11.5 Å². The lowest BCUT2D eigenvalue weighted by molar-refractivity contribution is 0.254. The van der Waals surface area contributed by atoms with Crippen molar-refractivity contribution >= 4 is 0 Å². The first-order chi connectivity index (χ1) is 9.99. The molecule has 1 aliphatic carbocycles. The molecule has 1 aromatic carbocycles. The van der Waals surface area contributed by atoms with Gasteiger partial charge < -0.3 is 14.8 Å². The Balaban J connectivity index is 1.78. The first-order valence-electron chi connectivity index (χ1n) is 8.20. The van der Waals surface area contributed by atoms with Crippen molar-refractivity contribution in [1.82, 2.24) is 5.32 Å². The van der Waals surface area contributed by atoms with E-state index in [0.717, 1.165) is 30.4 Å². The largest absolute Gasteiger partial charge is 0.494 e. The van der Waals surface area contributed by atoms with Gasteiger partial charge in [-0.2, -0.15) is 0 Å². The van der Waals surface area contributed by atoms with Crippen LogP contribution in [0.3, 0.4) is 0 Å². The van der Waals surface area contributed by atoms with Crippen LogP contribution in [0, 0.1) is 5.92 Å². The Morgan fingerprint density at radius 1 is 1.33 bits per heavy atom. The molecule has 21 heavy (non-hydrogen) atoms. The second-order valence-electron chi connectivity index (χ2n) is 6.98. The second kappa shape index (κ2) is 5.53. The van der Waals surface area contributed by atoms with Gasteiger partial charge in [0.05, 0.1) is 6.61 Å². The Bertz CT molecular complexity index is 520. The van der Waals surface area contributed by atoms with Gasteiger partial charge in [0.25, 0.3) is 0 Å². The highest BCUT2D eigenvalue weighted by Crippen LogP contribution is 2.40. The molecule has 1 fully saturated rings. The molecule has 0 amide bonds. The van der Waals surface area contributed by atoms with Crippen molar-refractivity contribution in [3.05, 3.63) is 23.3 Å². The minimum atomic E-state index is 0.205. The van der Waals surface area contributed by atoms with Gasteiger partial charge >= 0.3 is 0 Å². The lowest BCUT2D eigenvalue weighted by Gasteiger charge is -2.27. The summed E-state index contributed by atoms with van der Waals surface area (Å²) in [6, 6.07) is 4.34. The van der Waals surface area contributed by atoms with Gasteiger partial charge in [-0.05, 0) is 58.6 Å². The molecule has 1 heterocycles. The van der Waals surface area contributed by atoms with Crippen LogP contribution in [0.15, 0.2) is 12.1 Å². The molecule has 1 N–H and O–H groups in total. The van der Waals surface area contributed by atoms with E-state index in [9.17, 15) is 0 Å². The summed E-state index contributed by atoms with van der Waals surface area (Å²) >= 11 is 0. The van der Waals surface area contributed by atoms with Gasteiger partial charge in [0, 0.05) is 29.6 Å². The van der Waals surface area contributed by atoms with Gasteiger partial charge in [0.15, 0.2) is 0 Å². The average molecular weight is 289 g/mol. The Labute approximate surface area is 128 Å². The van der Waals surface area contributed by atoms with Crippen LogP contribution in [0.5, 0.6) is 11.5 Å². The number of rotatable bonds is 6. The van der Waals surface area contributed by atoms with Crippen LogP contribution in [0.2, 0.25) is 0 Å². The Hall–Kier alpha value is -1.22. The van der Waals surface area contributed by atoms with E-state index in [0.29, 0.717) is 6.61 Å². The predicted molar refractivity (Wildman–Crippen MR) is 85.0 cm³/mol. The molecule has 1 saturated carbocycles. The number of benzene rings is 1. The van der Waals surface area contributed by atoms with E-state index in [1.165, 1.54) is 24.0 Å². The lowest BCUT2D eigenvalue weighted by atomic mass is 9.98. The van der Waals surface area contributed by atoms with Gasteiger partial charge in [-0.15, -0.1) is 0 Å².